The van der Waals surface area contributed by atoms with Crippen LogP contribution in [0.4, 0.5) is 0 Å². The largest absolute Gasteiger partial charge is 0.346 e. The van der Waals surface area contributed by atoms with Crippen LogP contribution in [-0.2, 0) is 17.9 Å². The van der Waals surface area contributed by atoms with E-state index in [9.17, 15) is 4.79 Å². The number of thiophene rings is 1. The zero-order chi connectivity index (χ0) is 17.6. The topological polar surface area (TPSA) is 46.4 Å². The lowest BCUT2D eigenvalue weighted by Gasteiger charge is -2.18. The minimum absolute atomic E-state index is 0.0510. The van der Waals surface area contributed by atoms with Crippen molar-refractivity contribution in [3.63, 3.8) is 0 Å². The first-order chi connectivity index (χ1) is 12.2. The number of nitrogens with one attached hydrogen (secondary N) is 2. The number of rotatable bonds is 7. The van der Waals surface area contributed by atoms with Gasteiger partial charge in [-0.25, -0.2) is 4.98 Å². The van der Waals surface area contributed by atoms with Crippen molar-refractivity contribution in [2.24, 2.45) is 0 Å². The normalized spacial score (nSPS) is 12.2. The molecule has 0 aliphatic rings. The molecule has 6 heteroatoms. The summed E-state index contributed by atoms with van der Waals surface area (Å²) in [6.45, 7) is 4.61. The molecule has 2 N–H and O–H groups in total. The van der Waals surface area contributed by atoms with Gasteiger partial charge in [0, 0.05) is 15.8 Å². The predicted octanol–water partition coefficient (Wildman–Crippen LogP) is 2.67. The summed E-state index contributed by atoms with van der Waals surface area (Å²) in [5, 5.41) is 6.58. The molecule has 2 heterocycles. The quantitative estimate of drug-likeness (QED) is 0.624. The van der Waals surface area contributed by atoms with Gasteiger partial charge in [0.2, 0.25) is 0 Å². The fourth-order valence-corrected chi connectivity index (χ4v) is 3.59. The molecule has 0 fully saturated rings. The molecule has 1 atom stereocenters. The van der Waals surface area contributed by atoms with Crippen molar-refractivity contribution in [1.29, 1.82) is 0 Å². The van der Waals surface area contributed by atoms with Crippen LogP contribution in [0.5, 0.6) is 0 Å². The number of para-hydroxylation sites is 1. The van der Waals surface area contributed by atoms with Crippen LogP contribution in [0.3, 0.4) is 0 Å². The zero-order valence-electron chi connectivity index (χ0n) is 14.1. The fraction of sp³-hybridized carbons (Fsp3) is 0.263. The lowest BCUT2D eigenvalue weighted by molar-refractivity contribution is -0.904. The number of carbonyl (C=O) groups is 1. The van der Waals surface area contributed by atoms with E-state index in [1.807, 2.05) is 41.8 Å². The van der Waals surface area contributed by atoms with Crippen LogP contribution < -0.4 is 10.2 Å². The Bertz CT molecular complexity index is 851. The summed E-state index contributed by atoms with van der Waals surface area (Å²) in [6, 6.07) is 14.0. The highest BCUT2D eigenvalue weighted by atomic mass is 35.5. The SMILES string of the molecule is CC[NH+](CC(=O)NCc1cccs1)Cc1cc2ccccc2nc1Cl. The lowest BCUT2D eigenvalue weighted by Crippen LogP contribution is -3.11. The van der Waals surface area contributed by atoms with E-state index in [0.717, 1.165) is 32.8 Å². The van der Waals surface area contributed by atoms with Gasteiger partial charge in [0.15, 0.2) is 6.54 Å². The molecule has 0 aliphatic carbocycles. The second kappa shape index (κ2) is 8.43. The Morgan fingerprint density at radius 3 is 2.88 bits per heavy atom. The van der Waals surface area contributed by atoms with Gasteiger partial charge in [-0.2, -0.15) is 0 Å². The Hall–Kier alpha value is -1.95. The van der Waals surface area contributed by atoms with Crippen LogP contribution in [0, 0.1) is 0 Å². The maximum absolute atomic E-state index is 12.2. The summed E-state index contributed by atoms with van der Waals surface area (Å²) in [5.74, 6) is 0.0510. The Labute approximate surface area is 156 Å². The summed E-state index contributed by atoms with van der Waals surface area (Å²) in [5.41, 5.74) is 1.87. The number of fused-ring (bicyclic) bond motifs is 1. The average molecular weight is 375 g/mol. The van der Waals surface area contributed by atoms with E-state index in [-0.39, 0.29) is 5.91 Å². The van der Waals surface area contributed by atoms with Crippen molar-refractivity contribution in [2.45, 2.75) is 20.0 Å². The third kappa shape index (κ3) is 4.78. The smallest absolute Gasteiger partial charge is 0.275 e. The summed E-state index contributed by atoms with van der Waals surface area (Å²) in [6.07, 6.45) is 0. The Morgan fingerprint density at radius 1 is 1.28 bits per heavy atom. The van der Waals surface area contributed by atoms with E-state index in [2.05, 4.69) is 23.3 Å². The molecule has 2 aromatic heterocycles. The molecule has 0 aliphatic heterocycles. The predicted molar refractivity (Wildman–Crippen MR) is 103 cm³/mol. The van der Waals surface area contributed by atoms with Gasteiger partial charge in [-0.3, -0.25) is 4.79 Å². The second-order valence-electron chi connectivity index (χ2n) is 5.94. The lowest BCUT2D eigenvalue weighted by atomic mass is 10.1. The van der Waals surface area contributed by atoms with Crippen molar-refractivity contribution >= 4 is 39.7 Å². The summed E-state index contributed by atoms with van der Waals surface area (Å²) in [7, 11) is 0. The second-order valence-corrected chi connectivity index (χ2v) is 7.33. The first-order valence-electron chi connectivity index (χ1n) is 8.32. The minimum Gasteiger partial charge on any atom is -0.346 e. The van der Waals surface area contributed by atoms with Gasteiger partial charge in [-0.1, -0.05) is 35.9 Å². The summed E-state index contributed by atoms with van der Waals surface area (Å²) >= 11 is 7.99. The highest BCUT2D eigenvalue weighted by Gasteiger charge is 2.16. The Morgan fingerprint density at radius 2 is 2.12 bits per heavy atom. The van der Waals surface area contributed by atoms with E-state index in [1.165, 1.54) is 0 Å². The van der Waals surface area contributed by atoms with Crippen LogP contribution >= 0.6 is 22.9 Å². The van der Waals surface area contributed by atoms with Crippen molar-refractivity contribution in [1.82, 2.24) is 10.3 Å². The number of hydrogen-bond donors (Lipinski definition) is 2. The van der Waals surface area contributed by atoms with Crippen LogP contribution in [-0.4, -0.2) is 24.0 Å². The van der Waals surface area contributed by atoms with Gasteiger partial charge >= 0.3 is 0 Å². The molecule has 0 radical (unpaired) electrons. The van der Waals surface area contributed by atoms with Gasteiger partial charge in [0.25, 0.3) is 5.91 Å². The van der Waals surface area contributed by atoms with Crippen molar-refractivity contribution in [3.8, 4) is 0 Å². The highest BCUT2D eigenvalue weighted by molar-refractivity contribution is 7.09. The summed E-state index contributed by atoms with van der Waals surface area (Å²) < 4.78 is 0. The maximum Gasteiger partial charge on any atom is 0.275 e. The number of aromatic nitrogens is 1. The molecule has 0 saturated heterocycles. The van der Waals surface area contributed by atoms with Gasteiger partial charge in [-0.15, -0.1) is 11.3 Å². The maximum atomic E-state index is 12.2. The van der Waals surface area contributed by atoms with E-state index < -0.39 is 0 Å². The van der Waals surface area contributed by atoms with E-state index in [4.69, 9.17) is 11.6 Å². The van der Waals surface area contributed by atoms with E-state index in [1.54, 1.807) is 11.3 Å². The molecule has 130 valence electrons. The molecule has 3 aromatic rings. The molecule has 4 nitrogen and oxygen atoms in total. The van der Waals surface area contributed by atoms with Gasteiger partial charge in [0.05, 0.1) is 18.6 Å². The van der Waals surface area contributed by atoms with Gasteiger partial charge < -0.3 is 10.2 Å². The fourth-order valence-electron chi connectivity index (χ4n) is 2.73. The molecule has 0 saturated carbocycles. The molecule has 1 unspecified atom stereocenters. The zero-order valence-corrected chi connectivity index (χ0v) is 15.7. The number of amides is 1. The van der Waals surface area contributed by atoms with Crippen molar-refractivity contribution in [3.05, 3.63) is 63.4 Å². The van der Waals surface area contributed by atoms with Crippen molar-refractivity contribution < 1.29 is 9.69 Å². The monoisotopic (exact) mass is 374 g/mol. The first-order valence-corrected chi connectivity index (χ1v) is 9.58. The molecule has 1 amide bonds. The molecular formula is C19H21ClN3OS+. The summed E-state index contributed by atoms with van der Waals surface area (Å²) in [4.78, 5) is 19.0. The number of carbonyl (C=O) groups excluding carboxylic acids is 1. The molecular weight excluding hydrogens is 354 g/mol. The molecule has 3 rings (SSSR count). The average Bonchev–Trinajstić information content (AvgIpc) is 3.13. The van der Waals surface area contributed by atoms with Crippen LogP contribution in [0.1, 0.15) is 17.4 Å². The highest BCUT2D eigenvalue weighted by Crippen LogP contribution is 2.19. The number of pyridine rings is 1. The number of quaternary nitrogens is 1. The third-order valence-electron chi connectivity index (χ3n) is 4.14. The van der Waals surface area contributed by atoms with E-state index in [0.29, 0.717) is 24.8 Å². The number of nitrogens with zero attached hydrogens (tertiary/aromatic N) is 1. The van der Waals surface area contributed by atoms with Gasteiger partial charge in [-0.05, 0) is 30.5 Å². The first kappa shape index (κ1) is 17.9. The molecule has 1 aromatic carbocycles. The van der Waals surface area contributed by atoms with E-state index >= 15 is 0 Å². The number of halogens is 1. The minimum atomic E-state index is 0.0510. The van der Waals surface area contributed by atoms with Gasteiger partial charge in [0.1, 0.15) is 11.7 Å². The third-order valence-corrected chi connectivity index (χ3v) is 5.34. The Balaban J connectivity index is 1.63. The van der Waals surface area contributed by atoms with Crippen LogP contribution in [0.2, 0.25) is 5.15 Å². The molecule has 0 spiro atoms. The standard InChI is InChI=1S/C19H20ClN3OS/c1-2-23(13-18(24)21-11-16-7-5-9-25-16)12-15-10-14-6-3-4-8-17(14)22-19(15)20/h3-10H,2,11-13H2,1H3,(H,21,24)/p+1. The Kier molecular flexibility index (Phi) is 6.02. The molecule has 25 heavy (non-hydrogen) atoms. The van der Waals surface area contributed by atoms with Crippen LogP contribution in [0.25, 0.3) is 10.9 Å². The molecule has 0 bridgehead atoms. The number of likely N-dealkylation sites (N-methyl/N-ethyl adjacent to an activating group) is 1. The van der Waals surface area contributed by atoms with Crippen molar-refractivity contribution in [2.75, 3.05) is 13.1 Å². The van der Waals surface area contributed by atoms with Crippen LogP contribution in [0.15, 0.2) is 47.8 Å². The number of benzene rings is 1. The number of hydrogen-bond acceptors (Lipinski definition) is 3.